The van der Waals surface area contributed by atoms with Crippen molar-refractivity contribution < 1.29 is 9.26 Å². The topological polar surface area (TPSA) is 63.9 Å². The molecule has 5 nitrogen and oxygen atoms in total. The van der Waals surface area contributed by atoms with Gasteiger partial charge in [0, 0.05) is 35.1 Å². The average Bonchev–Trinajstić information content (AvgIpc) is 3.05. The average molecular weight is 336 g/mol. The summed E-state index contributed by atoms with van der Waals surface area (Å²) in [6, 6.07) is 6.15. The van der Waals surface area contributed by atoms with Crippen LogP contribution < -0.4 is 0 Å². The smallest absolute Gasteiger partial charge is 0.228 e. The predicted molar refractivity (Wildman–Crippen MR) is 78.7 cm³/mol. The van der Waals surface area contributed by atoms with E-state index in [2.05, 4.69) is 37.1 Å². The van der Waals surface area contributed by atoms with Gasteiger partial charge in [0.15, 0.2) is 5.82 Å². The van der Waals surface area contributed by atoms with Crippen molar-refractivity contribution in [3.63, 3.8) is 0 Å². The van der Waals surface area contributed by atoms with Crippen molar-refractivity contribution >= 4 is 26.8 Å². The molecular formula is C14H14BrN3O2. The van der Waals surface area contributed by atoms with Crippen molar-refractivity contribution in [2.24, 2.45) is 0 Å². The number of aromatic nitrogens is 3. The zero-order valence-electron chi connectivity index (χ0n) is 11.0. The molecule has 0 saturated heterocycles. The lowest BCUT2D eigenvalue weighted by atomic mass is 10.1. The van der Waals surface area contributed by atoms with E-state index in [1.54, 1.807) is 7.11 Å². The number of rotatable bonds is 5. The highest BCUT2D eigenvalue weighted by Crippen LogP contribution is 2.24. The first-order valence-corrected chi connectivity index (χ1v) is 7.11. The number of ether oxygens (including phenoxy) is 1. The molecule has 0 spiro atoms. The molecule has 0 amide bonds. The molecule has 104 valence electrons. The maximum Gasteiger partial charge on any atom is 0.228 e. The first-order valence-electron chi connectivity index (χ1n) is 6.32. The molecule has 0 aliphatic heterocycles. The molecule has 1 N–H and O–H groups in total. The first-order chi connectivity index (χ1) is 9.76. The highest BCUT2D eigenvalue weighted by atomic mass is 79.9. The van der Waals surface area contributed by atoms with Crippen LogP contribution in [0, 0.1) is 0 Å². The number of halogens is 1. The minimum Gasteiger partial charge on any atom is -0.384 e. The summed E-state index contributed by atoms with van der Waals surface area (Å²) in [6.07, 6.45) is 3.28. The van der Waals surface area contributed by atoms with E-state index in [4.69, 9.17) is 9.26 Å². The van der Waals surface area contributed by atoms with Crippen LogP contribution in [0.25, 0.3) is 10.9 Å². The molecule has 0 bridgehead atoms. The Hall–Kier alpha value is -1.66. The molecule has 20 heavy (non-hydrogen) atoms. The van der Waals surface area contributed by atoms with Gasteiger partial charge in [0.05, 0.1) is 13.0 Å². The monoisotopic (exact) mass is 335 g/mol. The number of nitrogens with one attached hydrogen (secondary N) is 1. The Labute approximate surface area is 124 Å². The van der Waals surface area contributed by atoms with Crippen molar-refractivity contribution in [2.45, 2.75) is 12.8 Å². The van der Waals surface area contributed by atoms with Gasteiger partial charge in [-0.25, -0.2) is 0 Å². The fourth-order valence-corrected chi connectivity index (χ4v) is 2.48. The van der Waals surface area contributed by atoms with Crippen LogP contribution in [0.1, 0.15) is 17.3 Å². The Morgan fingerprint density at radius 2 is 2.30 bits per heavy atom. The molecule has 0 saturated carbocycles. The van der Waals surface area contributed by atoms with Gasteiger partial charge < -0.3 is 14.2 Å². The molecule has 0 aliphatic carbocycles. The molecule has 3 rings (SSSR count). The zero-order chi connectivity index (χ0) is 13.9. The third-order valence-corrected chi connectivity index (χ3v) is 3.60. The van der Waals surface area contributed by atoms with Gasteiger partial charge in [0.25, 0.3) is 0 Å². The number of fused-ring (bicyclic) bond motifs is 1. The number of methoxy groups -OCH3 is 1. The second-order valence-corrected chi connectivity index (χ2v) is 5.44. The summed E-state index contributed by atoms with van der Waals surface area (Å²) in [7, 11) is 1.65. The summed E-state index contributed by atoms with van der Waals surface area (Å²) in [6.45, 7) is 0.585. The fraction of sp³-hybridized carbons (Fsp3) is 0.286. The number of hydrogen-bond acceptors (Lipinski definition) is 4. The lowest BCUT2D eigenvalue weighted by Gasteiger charge is -1.96. The minimum atomic E-state index is 0.585. The third-order valence-electron chi connectivity index (χ3n) is 3.11. The van der Waals surface area contributed by atoms with E-state index in [0.29, 0.717) is 31.2 Å². The van der Waals surface area contributed by atoms with E-state index < -0.39 is 0 Å². The van der Waals surface area contributed by atoms with Gasteiger partial charge in [-0.1, -0.05) is 21.1 Å². The van der Waals surface area contributed by atoms with Crippen molar-refractivity contribution in [2.75, 3.05) is 13.7 Å². The lowest BCUT2D eigenvalue weighted by Crippen LogP contribution is -1.95. The van der Waals surface area contributed by atoms with Crippen LogP contribution in [0.2, 0.25) is 0 Å². The minimum absolute atomic E-state index is 0.585. The standard InChI is InChI=1S/C14H14BrN3O2/c1-19-5-4-14-17-13(18-20-14)6-9-8-16-12-3-2-10(15)7-11(9)12/h2-3,7-8,16H,4-6H2,1H3. The van der Waals surface area contributed by atoms with Crippen molar-refractivity contribution in [1.82, 2.24) is 15.1 Å². The molecule has 3 aromatic rings. The van der Waals surface area contributed by atoms with Crippen LogP contribution in [-0.2, 0) is 17.6 Å². The molecular weight excluding hydrogens is 322 g/mol. The van der Waals surface area contributed by atoms with E-state index in [0.717, 1.165) is 15.6 Å². The highest BCUT2D eigenvalue weighted by molar-refractivity contribution is 9.10. The van der Waals surface area contributed by atoms with Crippen molar-refractivity contribution in [3.8, 4) is 0 Å². The first kappa shape index (κ1) is 13.3. The summed E-state index contributed by atoms with van der Waals surface area (Å²) in [4.78, 5) is 7.62. The van der Waals surface area contributed by atoms with E-state index in [1.165, 1.54) is 5.39 Å². The lowest BCUT2D eigenvalue weighted by molar-refractivity contribution is 0.192. The fourth-order valence-electron chi connectivity index (χ4n) is 2.12. The van der Waals surface area contributed by atoms with Gasteiger partial charge in [-0.05, 0) is 23.8 Å². The van der Waals surface area contributed by atoms with Crippen LogP contribution >= 0.6 is 15.9 Å². The van der Waals surface area contributed by atoms with Crippen molar-refractivity contribution in [3.05, 3.63) is 46.1 Å². The molecule has 6 heteroatoms. The predicted octanol–water partition coefficient (Wildman–Crippen LogP) is 3.09. The summed E-state index contributed by atoms with van der Waals surface area (Å²) in [5.41, 5.74) is 2.26. The molecule has 1 aromatic carbocycles. The molecule has 0 fully saturated rings. The summed E-state index contributed by atoms with van der Waals surface area (Å²) in [5, 5.41) is 5.18. The van der Waals surface area contributed by atoms with Crippen LogP contribution in [0.15, 0.2) is 33.4 Å². The third kappa shape index (κ3) is 2.76. The molecule has 0 aliphatic rings. The van der Waals surface area contributed by atoms with Gasteiger partial charge in [-0.15, -0.1) is 0 Å². The highest BCUT2D eigenvalue weighted by Gasteiger charge is 2.10. The van der Waals surface area contributed by atoms with Gasteiger partial charge >= 0.3 is 0 Å². The largest absolute Gasteiger partial charge is 0.384 e. The Kier molecular flexibility index (Phi) is 3.84. The van der Waals surface area contributed by atoms with E-state index in [9.17, 15) is 0 Å². The maximum absolute atomic E-state index is 5.19. The SMILES string of the molecule is COCCc1nc(Cc2c[nH]c3ccc(Br)cc23)no1. The number of H-pyrrole nitrogens is 1. The number of nitrogens with zero attached hydrogens (tertiary/aromatic N) is 2. The summed E-state index contributed by atoms with van der Waals surface area (Å²) in [5.74, 6) is 1.31. The molecule has 0 radical (unpaired) electrons. The molecule has 0 unspecified atom stereocenters. The van der Waals surface area contributed by atoms with E-state index in [1.807, 2.05) is 18.3 Å². The molecule has 0 atom stereocenters. The zero-order valence-corrected chi connectivity index (χ0v) is 12.6. The maximum atomic E-state index is 5.19. The number of hydrogen-bond donors (Lipinski definition) is 1. The van der Waals surface area contributed by atoms with Crippen LogP contribution in [0.4, 0.5) is 0 Å². The second kappa shape index (κ2) is 5.76. The summed E-state index contributed by atoms with van der Waals surface area (Å²) >= 11 is 3.49. The van der Waals surface area contributed by atoms with Gasteiger partial charge in [0.1, 0.15) is 0 Å². The Morgan fingerprint density at radius 3 is 3.15 bits per heavy atom. The van der Waals surface area contributed by atoms with Crippen LogP contribution in [-0.4, -0.2) is 28.8 Å². The second-order valence-electron chi connectivity index (χ2n) is 4.53. The summed E-state index contributed by atoms with van der Waals surface area (Å²) < 4.78 is 11.2. The van der Waals surface area contributed by atoms with Gasteiger partial charge in [-0.2, -0.15) is 4.98 Å². The Morgan fingerprint density at radius 1 is 1.40 bits per heavy atom. The quantitative estimate of drug-likeness (QED) is 0.778. The van der Waals surface area contributed by atoms with Crippen LogP contribution in [0.3, 0.4) is 0 Å². The Bertz CT molecular complexity index is 720. The van der Waals surface area contributed by atoms with Crippen molar-refractivity contribution in [1.29, 1.82) is 0 Å². The normalized spacial score (nSPS) is 11.3. The number of benzene rings is 1. The van der Waals surface area contributed by atoms with Gasteiger partial charge in [-0.3, -0.25) is 0 Å². The van der Waals surface area contributed by atoms with Gasteiger partial charge in [0.2, 0.25) is 5.89 Å². The Balaban J connectivity index is 1.82. The molecule has 2 heterocycles. The number of aromatic amines is 1. The van der Waals surface area contributed by atoms with E-state index >= 15 is 0 Å². The molecule has 2 aromatic heterocycles. The van der Waals surface area contributed by atoms with E-state index in [-0.39, 0.29) is 0 Å². The van der Waals surface area contributed by atoms with Crippen LogP contribution in [0.5, 0.6) is 0 Å².